The van der Waals surface area contributed by atoms with Crippen molar-refractivity contribution in [2.24, 2.45) is 10.8 Å². The lowest BCUT2D eigenvalue weighted by Gasteiger charge is -2.17. The number of rotatable bonds is 8. The van der Waals surface area contributed by atoms with Crippen LogP contribution in [0.4, 0.5) is 0 Å². The summed E-state index contributed by atoms with van der Waals surface area (Å²) in [5.74, 6) is 0.442. The maximum absolute atomic E-state index is 11.7. The van der Waals surface area contributed by atoms with Crippen LogP contribution in [0.3, 0.4) is 0 Å². The lowest BCUT2D eigenvalue weighted by atomic mass is 9.88. The Morgan fingerprint density at radius 3 is 1.72 bits per heavy atom. The standard InChI is InChI=1S/C17H34O/c1-16(2,3)13-11-9-7-8-10-12-15(18)14-17(4,5)6/h7-14H2,1-6H3. The van der Waals surface area contributed by atoms with Crippen molar-refractivity contribution in [3.63, 3.8) is 0 Å². The number of carbonyl (C=O) groups excluding carboxylic acids is 1. The zero-order valence-corrected chi connectivity index (χ0v) is 13.6. The minimum atomic E-state index is 0.157. The van der Waals surface area contributed by atoms with Crippen LogP contribution in [0.15, 0.2) is 0 Å². The average Bonchev–Trinajstić information content (AvgIpc) is 2.11. The Labute approximate surface area is 115 Å². The average molecular weight is 254 g/mol. The number of Topliss-reactive ketones (excluding diaryl/α,β-unsaturated/α-hetero) is 1. The molecule has 0 aromatic heterocycles. The molecule has 0 saturated carbocycles. The number of hydrogen-bond donors (Lipinski definition) is 0. The van der Waals surface area contributed by atoms with Gasteiger partial charge in [0.25, 0.3) is 0 Å². The van der Waals surface area contributed by atoms with Crippen LogP contribution in [0.2, 0.25) is 0 Å². The van der Waals surface area contributed by atoms with Gasteiger partial charge in [0.15, 0.2) is 0 Å². The fourth-order valence-corrected chi connectivity index (χ4v) is 2.19. The maximum atomic E-state index is 11.7. The minimum absolute atomic E-state index is 0.157. The molecule has 0 aliphatic carbocycles. The summed E-state index contributed by atoms with van der Waals surface area (Å²) in [7, 11) is 0. The van der Waals surface area contributed by atoms with E-state index in [1.54, 1.807) is 0 Å². The second-order valence-electron chi connectivity index (χ2n) is 8.10. The van der Waals surface area contributed by atoms with E-state index in [2.05, 4.69) is 41.5 Å². The molecule has 0 unspecified atom stereocenters. The Hall–Kier alpha value is -0.330. The van der Waals surface area contributed by atoms with E-state index in [0.717, 1.165) is 19.3 Å². The second-order valence-corrected chi connectivity index (χ2v) is 8.10. The normalized spacial score (nSPS) is 12.8. The highest BCUT2D eigenvalue weighted by Crippen LogP contribution is 2.23. The molecule has 18 heavy (non-hydrogen) atoms. The molecule has 1 heteroatoms. The Morgan fingerprint density at radius 1 is 0.722 bits per heavy atom. The lowest BCUT2D eigenvalue weighted by molar-refractivity contribution is -0.120. The molecule has 0 atom stereocenters. The van der Waals surface area contributed by atoms with Crippen molar-refractivity contribution >= 4 is 5.78 Å². The van der Waals surface area contributed by atoms with Crippen molar-refractivity contribution in [2.45, 2.75) is 92.9 Å². The predicted molar refractivity (Wildman–Crippen MR) is 80.9 cm³/mol. The van der Waals surface area contributed by atoms with Crippen LogP contribution in [0.25, 0.3) is 0 Å². The SMILES string of the molecule is CC(C)(C)CCCCCCCC(=O)CC(C)(C)C. The van der Waals surface area contributed by atoms with E-state index in [1.165, 1.54) is 32.1 Å². The monoisotopic (exact) mass is 254 g/mol. The van der Waals surface area contributed by atoms with E-state index >= 15 is 0 Å². The highest BCUT2D eigenvalue weighted by atomic mass is 16.1. The number of hydrogen-bond acceptors (Lipinski definition) is 1. The van der Waals surface area contributed by atoms with Crippen molar-refractivity contribution in [1.29, 1.82) is 0 Å². The van der Waals surface area contributed by atoms with Crippen LogP contribution < -0.4 is 0 Å². The van der Waals surface area contributed by atoms with Gasteiger partial charge in [-0.25, -0.2) is 0 Å². The first kappa shape index (κ1) is 17.7. The Morgan fingerprint density at radius 2 is 1.22 bits per heavy atom. The quantitative estimate of drug-likeness (QED) is 0.503. The summed E-state index contributed by atoms with van der Waals surface area (Å²) in [5.41, 5.74) is 0.631. The molecule has 0 aromatic carbocycles. The molecule has 1 nitrogen and oxygen atoms in total. The van der Waals surface area contributed by atoms with Crippen molar-refractivity contribution in [3.05, 3.63) is 0 Å². The lowest BCUT2D eigenvalue weighted by Crippen LogP contribution is -2.12. The highest BCUT2D eigenvalue weighted by Gasteiger charge is 2.15. The highest BCUT2D eigenvalue weighted by molar-refractivity contribution is 5.78. The topological polar surface area (TPSA) is 17.1 Å². The van der Waals surface area contributed by atoms with Crippen molar-refractivity contribution < 1.29 is 4.79 Å². The van der Waals surface area contributed by atoms with Crippen molar-refractivity contribution in [3.8, 4) is 0 Å². The van der Waals surface area contributed by atoms with Gasteiger partial charge >= 0.3 is 0 Å². The molecule has 0 amide bonds. The van der Waals surface area contributed by atoms with Gasteiger partial charge in [-0.1, -0.05) is 67.2 Å². The van der Waals surface area contributed by atoms with Gasteiger partial charge in [-0.05, 0) is 23.7 Å². The summed E-state index contributed by atoms with van der Waals surface area (Å²) < 4.78 is 0. The zero-order valence-electron chi connectivity index (χ0n) is 13.6. The predicted octanol–water partition coefficient (Wildman–Crippen LogP) is 5.77. The molecule has 0 rings (SSSR count). The smallest absolute Gasteiger partial charge is 0.133 e. The van der Waals surface area contributed by atoms with Gasteiger partial charge in [-0.3, -0.25) is 4.79 Å². The van der Waals surface area contributed by atoms with Gasteiger partial charge in [0.1, 0.15) is 5.78 Å². The molecule has 0 bridgehead atoms. The van der Waals surface area contributed by atoms with Crippen LogP contribution >= 0.6 is 0 Å². The third-order valence-electron chi connectivity index (χ3n) is 3.11. The van der Waals surface area contributed by atoms with E-state index in [-0.39, 0.29) is 5.41 Å². The molecule has 0 spiro atoms. The van der Waals surface area contributed by atoms with Crippen LogP contribution in [-0.2, 0) is 4.79 Å². The third kappa shape index (κ3) is 13.7. The second kappa shape index (κ2) is 7.96. The molecule has 0 fully saturated rings. The largest absolute Gasteiger partial charge is 0.300 e. The molecule has 0 saturated heterocycles. The molecular formula is C17H34O. The molecule has 0 N–H and O–H groups in total. The Balaban J connectivity index is 3.39. The third-order valence-corrected chi connectivity index (χ3v) is 3.11. The van der Waals surface area contributed by atoms with E-state index in [4.69, 9.17) is 0 Å². The van der Waals surface area contributed by atoms with Gasteiger partial charge in [0.05, 0.1) is 0 Å². The summed E-state index contributed by atoms with van der Waals surface area (Å²) in [5, 5.41) is 0. The summed E-state index contributed by atoms with van der Waals surface area (Å²) in [4.78, 5) is 11.7. The number of ketones is 1. The summed E-state index contributed by atoms with van der Waals surface area (Å²) >= 11 is 0. The zero-order chi connectivity index (χ0) is 14.2. The molecule has 108 valence electrons. The fourth-order valence-electron chi connectivity index (χ4n) is 2.19. The summed E-state index contributed by atoms with van der Waals surface area (Å²) in [6.45, 7) is 13.3. The molecule has 0 aliphatic heterocycles. The van der Waals surface area contributed by atoms with Crippen LogP contribution in [0.1, 0.15) is 92.9 Å². The molecular weight excluding hydrogens is 220 g/mol. The van der Waals surface area contributed by atoms with E-state index in [0.29, 0.717) is 11.2 Å². The molecule has 0 radical (unpaired) electrons. The first-order valence-corrected chi connectivity index (χ1v) is 7.62. The first-order valence-electron chi connectivity index (χ1n) is 7.62. The molecule has 0 aromatic rings. The van der Waals surface area contributed by atoms with Crippen molar-refractivity contribution in [2.75, 3.05) is 0 Å². The van der Waals surface area contributed by atoms with Gasteiger partial charge in [-0.2, -0.15) is 0 Å². The van der Waals surface area contributed by atoms with E-state index < -0.39 is 0 Å². The Bertz CT molecular complexity index is 227. The van der Waals surface area contributed by atoms with Crippen LogP contribution in [0, 0.1) is 10.8 Å². The first-order chi connectivity index (χ1) is 8.10. The van der Waals surface area contributed by atoms with Gasteiger partial charge in [-0.15, -0.1) is 0 Å². The Kier molecular flexibility index (Phi) is 7.82. The number of unbranched alkanes of at least 4 members (excludes halogenated alkanes) is 4. The van der Waals surface area contributed by atoms with Gasteiger partial charge in [0.2, 0.25) is 0 Å². The minimum Gasteiger partial charge on any atom is -0.300 e. The van der Waals surface area contributed by atoms with E-state index in [9.17, 15) is 4.79 Å². The maximum Gasteiger partial charge on any atom is 0.133 e. The van der Waals surface area contributed by atoms with Gasteiger partial charge < -0.3 is 0 Å². The molecule has 0 heterocycles. The van der Waals surface area contributed by atoms with E-state index in [1.807, 2.05) is 0 Å². The summed E-state index contributed by atoms with van der Waals surface area (Å²) in [6, 6.07) is 0. The molecule has 0 aliphatic rings. The van der Waals surface area contributed by atoms with Crippen molar-refractivity contribution in [1.82, 2.24) is 0 Å². The van der Waals surface area contributed by atoms with Gasteiger partial charge in [0, 0.05) is 12.8 Å². The van der Waals surface area contributed by atoms with Crippen LogP contribution in [0.5, 0.6) is 0 Å². The summed E-state index contributed by atoms with van der Waals surface area (Å²) in [6.07, 6.45) is 9.09. The van der Waals surface area contributed by atoms with Crippen LogP contribution in [-0.4, -0.2) is 5.78 Å². The number of carbonyl (C=O) groups is 1. The fraction of sp³-hybridized carbons (Fsp3) is 0.941.